The molecular weight excluding hydrogens is 300 g/mol. The van der Waals surface area contributed by atoms with Crippen LogP contribution >= 0.6 is 36.0 Å². The molecule has 0 unspecified atom stereocenters. The van der Waals surface area contributed by atoms with Gasteiger partial charge in [0.15, 0.2) is 5.05 Å². The number of rotatable bonds is 3. The van der Waals surface area contributed by atoms with E-state index in [0.717, 1.165) is 5.56 Å². The summed E-state index contributed by atoms with van der Waals surface area (Å²) >= 11 is 15.3. The Kier molecular flexibility index (Phi) is 4.85. The van der Waals surface area contributed by atoms with Gasteiger partial charge < -0.3 is 9.47 Å². The molecule has 2 nitrogen and oxygen atoms in total. The maximum atomic E-state index is 5.56. The normalized spacial score (nSPS) is 9.74. The van der Waals surface area contributed by atoms with E-state index in [0.29, 0.717) is 16.5 Å². The minimum atomic E-state index is -0.0455. The molecule has 0 N–H and O–H groups in total. The van der Waals surface area contributed by atoms with Crippen LogP contribution in [0.4, 0.5) is 0 Å². The van der Waals surface area contributed by atoms with Gasteiger partial charge in [-0.3, -0.25) is 0 Å². The fraction of sp³-hybridized carbons (Fsp3) is 0. The molecule has 0 saturated carbocycles. The van der Waals surface area contributed by atoms with Crippen LogP contribution in [0, 0.1) is 0 Å². The highest BCUT2D eigenvalue weighted by molar-refractivity contribution is 7.82. The Hall–Kier alpha value is -1.49. The van der Waals surface area contributed by atoms with E-state index in [1.54, 1.807) is 24.3 Å². The second-order valence-electron chi connectivity index (χ2n) is 3.57. The lowest BCUT2D eigenvalue weighted by Gasteiger charge is -2.07. The summed E-state index contributed by atoms with van der Waals surface area (Å²) in [5.41, 5.74) is 0.784. The number of ether oxygens (including phenoxy) is 2. The molecule has 0 aromatic heterocycles. The summed E-state index contributed by atoms with van der Waals surface area (Å²) in [6.07, 6.45) is 0. The molecule has 0 atom stereocenters. The van der Waals surface area contributed by atoms with Crippen molar-refractivity contribution in [1.82, 2.24) is 0 Å². The van der Waals surface area contributed by atoms with E-state index in [9.17, 15) is 0 Å². The van der Waals surface area contributed by atoms with Gasteiger partial charge in [-0.25, -0.2) is 0 Å². The lowest BCUT2D eigenvalue weighted by molar-refractivity contribution is 0.565. The summed E-state index contributed by atoms with van der Waals surface area (Å²) in [4.78, 5) is 0. The molecular formula is C14H9ClO2S2. The zero-order chi connectivity index (χ0) is 13.7. The Balaban J connectivity index is 2.05. The second kappa shape index (κ2) is 6.61. The van der Waals surface area contributed by atoms with E-state index >= 15 is 0 Å². The van der Waals surface area contributed by atoms with Gasteiger partial charge in [-0.15, -0.1) is 0 Å². The number of hydrogen-bond donors (Lipinski definition) is 0. The minimum absolute atomic E-state index is 0.0455. The molecule has 0 spiro atoms. The smallest absolute Gasteiger partial charge is 0.260 e. The van der Waals surface area contributed by atoms with E-state index in [1.165, 1.54) is 0 Å². The number of para-hydroxylation sites is 1. The fourth-order valence-corrected chi connectivity index (χ4v) is 1.82. The Morgan fingerprint density at radius 2 is 1.37 bits per heavy atom. The topological polar surface area (TPSA) is 18.5 Å². The second-order valence-corrected chi connectivity index (χ2v) is 4.88. The van der Waals surface area contributed by atoms with Crippen molar-refractivity contribution in [3.63, 3.8) is 0 Å². The number of benzene rings is 2. The highest BCUT2D eigenvalue weighted by Gasteiger charge is 2.05. The van der Waals surface area contributed by atoms with Crippen molar-refractivity contribution in [3.05, 3.63) is 60.2 Å². The SMILES string of the molecule is S=C(Cl)Oc1ccc(C(=S)Oc2ccccc2)cc1. The van der Waals surface area contributed by atoms with Gasteiger partial charge in [0.05, 0.1) is 0 Å². The van der Waals surface area contributed by atoms with Crippen LogP contribution in [0.3, 0.4) is 0 Å². The number of hydrogen-bond acceptors (Lipinski definition) is 4. The summed E-state index contributed by atoms with van der Waals surface area (Å²) < 4.78 is 10.6. The molecule has 96 valence electrons. The number of halogens is 1. The van der Waals surface area contributed by atoms with Crippen molar-refractivity contribution < 1.29 is 9.47 Å². The van der Waals surface area contributed by atoms with Gasteiger partial charge in [-0.05, 0) is 72.4 Å². The van der Waals surface area contributed by atoms with Crippen molar-refractivity contribution in [2.45, 2.75) is 0 Å². The molecule has 19 heavy (non-hydrogen) atoms. The Morgan fingerprint density at radius 3 is 1.95 bits per heavy atom. The van der Waals surface area contributed by atoms with Crippen LogP contribution in [0.15, 0.2) is 54.6 Å². The highest BCUT2D eigenvalue weighted by Crippen LogP contribution is 2.16. The van der Waals surface area contributed by atoms with Crippen molar-refractivity contribution in [1.29, 1.82) is 0 Å². The summed E-state index contributed by atoms with van der Waals surface area (Å²) in [6.45, 7) is 0. The predicted octanol–water partition coefficient (Wildman–Crippen LogP) is 4.34. The third-order valence-electron chi connectivity index (χ3n) is 2.24. The predicted molar refractivity (Wildman–Crippen MR) is 84.3 cm³/mol. The lowest BCUT2D eigenvalue weighted by atomic mass is 10.2. The van der Waals surface area contributed by atoms with Gasteiger partial charge >= 0.3 is 0 Å². The summed E-state index contributed by atoms with van der Waals surface area (Å²) in [5.74, 6) is 1.26. The molecule has 2 aromatic rings. The number of thiocarbonyl (C=S) groups is 2. The third kappa shape index (κ3) is 4.28. The summed E-state index contributed by atoms with van der Waals surface area (Å²) in [5, 5.41) is 0.395. The molecule has 0 bridgehead atoms. The molecule has 0 radical (unpaired) electrons. The molecule has 0 heterocycles. The zero-order valence-electron chi connectivity index (χ0n) is 9.71. The molecule has 0 aliphatic heterocycles. The van der Waals surface area contributed by atoms with E-state index < -0.39 is 0 Å². The maximum Gasteiger partial charge on any atom is 0.260 e. The van der Waals surface area contributed by atoms with Gasteiger partial charge in [-0.1, -0.05) is 18.2 Å². The summed E-state index contributed by atoms with van der Waals surface area (Å²) in [7, 11) is 0. The van der Waals surface area contributed by atoms with Crippen LogP contribution in [0.2, 0.25) is 0 Å². The van der Waals surface area contributed by atoms with Crippen LogP contribution < -0.4 is 9.47 Å². The molecule has 0 saturated heterocycles. The first-order valence-electron chi connectivity index (χ1n) is 5.40. The van der Waals surface area contributed by atoms with Gasteiger partial charge in [0.2, 0.25) is 0 Å². The van der Waals surface area contributed by atoms with E-state index in [1.807, 2.05) is 30.3 Å². The average molecular weight is 309 g/mol. The lowest BCUT2D eigenvalue weighted by Crippen LogP contribution is -2.06. The van der Waals surface area contributed by atoms with Crippen molar-refractivity contribution >= 4 is 45.6 Å². The Labute approximate surface area is 126 Å². The molecule has 2 rings (SSSR count). The van der Waals surface area contributed by atoms with Crippen molar-refractivity contribution in [2.24, 2.45) is 0 Å². The van der Waals surface area contributed by atoms with E-state index in [2.05, 4.69) is 12.2 Å². The molecule has 0 amide bonds. The Bertz CT molecular complexity index is 582. The first-order chi connectivity index (χ1) is 9.15. The summed E-state index contributed by atoms with van der Waals surface area (Å²) in [6, 6.07) is 16.4. The van der Waals surface area contributed by atoms with Crippen LogP contribution in [-0.4, -0.2) is 9.56 Å². The van der Waals surface area contributed by atoms with Crippen molar-refractivity contribution in [3.8, 4) is 11.5 Å². The molecule has 0 aliphatic rings. The monoisotopic (exact) mass is 308 g/mol. The zero-order valence-corrected chi connectivity index (χ0v) is 12.1. The first kappa shape index (κ1) is 13.9. The molecule has 5 heteroatoms. The van der Waals surface area contributed by atoms with Gasteiger partial charge in [-0.2, -0.15) is 0 Å². The third-order valence-corrected chi connectivity index (χ3v) is 2.72. The molecule has 2 aromatic carbocycles. The maximum absolute atomic E-state index is 5.56. The standard InChI is InChI=1S/C14H9ClO2S2/c15-14(19)17-12-8-6-10(7-9-12)13(18)16-11-4-2-1-3-5-11/h1-9H. The van der Waals surface area contributed by atoms with Crippen LogP contribution in [0.5, 0.6) is 11.5 Å². The van der Waals surface area contributed by atoms with Crippen LogP contribution in [0.1, 0.15) is 5.56 Å². The average Bonchev–Trinajstić information content (AvgIpc) is 2.40. The quantitative estimate of drug-likeness (QED) is 0.620. The first-order valence-corrected chi connectivity index (χ1v) is 6.59. The van der Waals surface area contributed by atoms with Gasteiger partial charge in [0, 0.05) is 5.56 Å². The Morgan fingerprint density at radius 1 is 0.789 bits per heavy atom. The van der Waals surface area contributed by atoms with E-state index in [4.69, 9.17) is 33.3 Å². The molecule has 0 aliphatic carbocycles. The van der Waals surface area contributed by atoms with Crippen LogP contribution in [-0.2, 0) is 0 Å². The largest absolute Gasteiger partial charge is 0.445 e. The van der Waals surface area contributed by atoms with Crippen LogP contribution in [0.25, 0.3) is 0 Å². The highest BCUT2D eigenvalue weighted by atomic mass is 35.5. The van der Waals surface area contributed by atoms with Crippen molar-refractivity contribution in [2.75, 3.05) is 0 Å². The fourth-order valence-electron chi connectivity index (χ4n) is 1.41. The van der Waals surface area contributed by atoms with E-state index in [-0.39, 0.29) is 4.51 Å². The minimum Gasteiger partial charge on any atom is -0.445 e. The van der Waals surface area contributed by atoms with Gasteiger partial charge in [0.1, 0.15) is 11.5 Å². The molecule has 0 fully saturated rings. The van der Waals surface area contributed by atoms with Gasteiger partial charge in [0.25, 0.3) is 4.51 Å².